The van der Waals surface area contributed by atoms with E-state index in [4.69, 9.17) is 4.42 Å². The summed E-state index contributed by atoms with van der Waals surface area (Å²) in [6.45, 7) is 38.6. The van der Waals surface area contributed by atoms with Crippen LogP contribution in [-0.4, -0.2) is 0 Å². The van der Waals surface area contributed by atoms with Crippen molar-refractivity contribution < 1.29 is 4.42 Å². The van der Waals surface area contributed by atoms with Gasteiger partial charge in [0.2, 0.25) is 0 Å². The molecule has 0 spiro atoms. The van der Waals surface area contributed by atoms with E-state index in [9.17, 15) is 0 Å². The molecule has 0 saturated heterocycles. The zero-order valence-corrected chi connectivity index (χ0v) is 87.9. The van der Waals surface area contributed by atoms with E-state index >= 15 is 0 Å². The number of hydrogen-bond donors (Lipinski definition) is 0. The molecule has 1 heterocycles. The maximum Gasteiger partial charge on any atom is 0.159 e. The number of para-hydroxylation sites is 5. The van der Waals surface area contributed by atoms with Crippen LogP contribution in [0.3, 0.4) is 0 Å². The van der Waals surface area contributed by atoms with Gasteiger partial charge in [0.1, 0.15) is 5.58 Å². The average molecular weight is 1920 g/mol. The number of benzene rings is 20. The highest BCUT2D eigenvalue weighted by atomic mass is 16.3. The Morgan fingerprint density at radius 2 is 0.453 bits per heavy atom. The lowest BCUT2D eigenvalue weighted by molar-refractivity contribution is 0.299. The third-order valence-electron chi connectivity index (χ3n) is 35.4. The van der Waals surface area contributed by atoms with Gasteiger partial charge in [-0.2, -0.15) is 0 Å². The zero-order valence-electron chi connectivity index (χ0n) is 87.9. The molecule has 4 heteroatoms. The fourth-order valence-corrected chi connectivity index (χ4v) is 24.4. The van der Waals surface area contributed by atoms with Crippen LogP contribution in [0, 0.1) is 0 Å². The molecule has 724 valence electrons. The summed E-state index contributed by atoms with van der Waals surface area (Å²) in [4.78, 5) is 7.09. The highest BCUT2D eigenvalue weighted by molar-refractivity contribution is 6.10. The van der Waals surface area contributed by atoms with Crippen molar-refractivity contribution in [2.24, 2.45) is 0 Å². The Kier molecular flexibility index (Phi) is 23.8. The summed E-state index contributed by atoms with van der Waals surface area (Å²) in [6.07, 6.45) is 0. The molecule has 0 fully saturated rings. The molecule has 21 aromatic rings. The predicted octanol–water partition coefficient (Wildman–Crippen LogP) is 40.3. The Labute approximate surface area is 875 Å². The van der Waals surface area contributed by atoms with Crippen LogP contribution in [0.2, 0.25) is 0 Å². The quantitative estimate of drug-likeness (QED) is 0.102. The summed E-state index contributed by atoms with van der Waals surface area (Å²) >= 11 is 0. The second-order valence-corrected chi connectivity index (χ2v) is 45.1. The molecule has 0 bridgehead atoms. The molecule has 4 aliphatic carbocycles. The minimum Gasteiger partial charge on any atom is -0.454 e. The smallest absolute Gasteiger partial charge is 0.159 e. The first-order valence-corrected chi connectivity index (χ1v) is 52.6. The van der Waals surface area contributed by atoms with Crippen molar-refractivity contribution in [3.05, 3.63) is 524 Å². The Hall–Kier alpha value is -16.4. The van der Waals surface area contributed by atoms with Gasteiger partial charge in [-0.05, 0) is 321 Å². The summed E-state index contributed by atoms with van der Waals surface area (Å²) < 4.78 is 6.50. The number of rotatable bonds is 15. The van der Waals surface area contributed by atoms with Crippen molar-refractivity contribution in [2.45, 2.75) is 154 Å². The first kappa shape index (κ1) is 95.1. The maximum absolute atomic E-state index is 6.50. The fraction of sp³-hybridized carbons (Fsp3) is 0.167. The lowest BCUT2D eigenvalue weighted by Crippen LogP contribution is -2.43. The number of fused-ring (bicyclic) bond motifs is 15. The molecule has 0 radical (unpaired) electrons. The Morgan fingerprint density at radius 3 is 0.986 bits per heavy atom. The molecule has 0 aliphatic heterocycles. The number of hydrogen-bond acceptors (Lipinski definition) is 4. The molecule has 0 N–H and O–H groups in total. The van der Waals surface area contributed by atoms with Gasteiger partial charge < -0.3 is 19.1 Å². The lowest BCUT2D eigenvalue weighted by atomic mass is 9.54. The Balaban J connectivity index is 0.000000123. The van der Waals surface area contributed by atoms with Gasteiger partial charge in [-0.1, -0.05) is 463 Å². The van der Waals surface area contributed by atoms with Gasteiger partial charge in [0.05, 0.1) is 5.69 Å². The third-order valence-corrected chi connectivity index (χ3v) is 35.4. The van der Waals surface area contributed by atoms with E-state index in [1.807, 2.05) is 12.1 Å². The van der Waals surface area contributed by atoms with Gasteiger partial charge in [-0.25, -0.2) is 0 Å². The van der Waals surface area contributed by atoms with Crippen LogP contribution in [0.1, 0.15) is 155 Å². The topological polar surface area (TPSA) is 22.9 Å². The van der Waals surface area contributed by atoms with Gasteiger partial charge >= 0.3 is 0 Å². The minimum absolute atomic E-state index is 0.00456. The van der Waals surface area contributed by atoms with Crippen LogP contribution < -0.4 is 14.7 Å². The first-order valence-electron chi connectivity index (χ1n) is 52.6. The standard InChI is InChI=1S/C54H51N.C48H39NO.C42H37N/c1-51(2)46-27-16-15-25-43(46)45-35-41(30-32-47(45)52(51,3)4)55(39-22-13-10-14-23-39)40-24-17-21-37(33-40)38-29-31-44-49(34-38)54(7,8)53(5,6)48-28-18-26-42(50(44)48)36-19-11-9-12-20-36;1-47(2)42-30-34(32-14-7-5-8-15-32)24-28-38(42)39-29-25-35(31-43(39)48(47,3)4)33-22-26-37(27-23-33)49(36-16-9-6-10-17-36)44-20-13-19-41-40-18-11-12-21-45(40)50-46(41)44;1-41(2)39-27-12-11-24-37(39)38-26-15-25-36(40(38)42(41,3)4)32-19-14-23-35(29-32)43(33-20-9-6-10-21-33)34-22-13-18-31(28-34)30-16-7-5-8-17-30/h9-35H,1-8H3;5-31H,1-4H3;5-29H,1-4H3. The summed E-state index contributed by atoms with van der Waals surface area (Å²) in [6, 6.07) is 175. The van der Waals surface area contributed by atoms with Crippen molar-refractivity contribution >= 4 is 73.1 Å². The van der Waals surface area contributed by atoms with Crippen molar-refractivity contribution in [3.8, 4) is 111 Å². The second kappa shape index (κ2) is 37.0. The van der Waals surface area contributed by atoms with Crippen LogP contribution in [-0.2, 0) is 43.3 Å². The molecular weight excluding hydrogens is 1790 g/mol. The molecule has 1 aromatic heterocycles. The minimum atomic E-state index is -0.101. The lowest BCUT2D eigenvalue weighted by Gasteiger charge is -2.49. The summed E-state index contributed by atoms with van der Waals surface area (Å²) in [5, 5.41) is 2.25. The largest absolute Gasteiger partial charge is 0.454 e. The molecule has 0 amide bonds. The van der Waals surface area contributed by atoms with E-state index in [2.05, 4.69) is 593 Å². The van der Waals surface area contributed by atoms with Crippen LogP contribution in [0.15, 0.2) is 484 Å². The summed E-state index contributed by atoms with van der Waals surface area (Å²) in [5.41, 5.74) is 48.3. The van der Waals surface area contributed by atoms with Gasteiger partial charge in [-0.15, -0.1) is 0 Å². The van der Waals surface area contributed by atoms with E-state index in [-0.39, 0.29) is 43.3 Å². The fourth-order valence-electron chi connectivity index (χ4n) is 24.4. The molecule has 4 nitrogen and oxygen atoms in total. The highest BCUT2D eigenvalue weighted by Gasteiger charge is 2.51. The van der Waals surface area contributed by atoms with E-state index in [1.54, 1.807) is 0 Å². The van der Waals surface area contributed by atoms with E-state index < -0.39 is 0 Å². The van der Waals surface area contributed by atoms with Gasteiger partial charge in [0.15, 0.2) is 5.58 Å². The number of anilines is 9. The average Bonchev–Trinajstić information content (AvgIpc) is 1.08. The van der Waals surface area contributed by atoms with Crippen molar-refractivity contribution in [2.75, 3.05) is 14.7 Å². The molecule has 20 aromatic carbocycles. The first-order chi connectivity index (χ1) is 71.5. The van der Waals surface area contributed by atoms with E-state index in [0.717, 1.165) is 73.1 Å². The molecule has 0 unspecified atom stereocenters. The van der Waals surface area contributed by atoms with E-state index in [1.165, 1.54) is 156 Å². The second-order valence-electron chi connectivity index (χ2n) is 45.1. The normalized spacial score (nSPS) is 15.2. The molecule has 148 heavy (non-hydrogen) atoms. The van der Waals surface area contributed by atoms with Crippen LogP contribution in [0.5, 0.6) is 0 Å². The molecular formula is C144H127N3O. The predicted molar refractivity (Wildman–Crippen MR) is 629 cm³/mol. The van der Waals surface area contributed by atoms with Crippen LogP contribution in [0.25, 0.3) is 133 Å². The third kappa shape index (κ3) is 15.9. The van der Waals surface area contributed by atoms with E-state index in [0.29, 0.717) is 0 Å². The Bertz CT molecular complexity index is 8610. The monoisotopic (exact) mass is 1910 g/mol. The summed E-state index contributed by atoms with van der Waals surface area (Å²) in [7, 11) is 0. The molecule has 4 aliphatic rings. The van der Waals surface area contributed by atoms with Crippen molar-refractivity contribution in [3.63, 3.8) is 0 Å². The van der Waals surface area contributed by atoms with Crippen molar-refractivity contribution in [1.29, 1.82) is 0 Å². The molecule has 0 atom stereocenters. The van der Waals surface area contributed by atoms with Gasteiger partial charge in [-0.3, -0.25) is 0 Å². The number of furan rings is 1. The van der Waals surface area contributed by atoms with Crippen molar-refractivity contribution in [1.82, 2.24) is 0 Å². The van der Waals surface area contributed by atoms with Crippen LogP contribution >= 0.6 is 0 Å². The maximum atomic E-state index is 6.50. The zero-order chi connectivity index (χ0) is 102. The SMILES string of the molecule is CC1(C)c2cc(-c3ccccc3)ccc2-c2ccc(-c3ccc(N(c4ccccc4)c4cccc5c4oc4ccccc45)cc3)cc2C1(C)C.CC1(C)c2ccccc2-c2cc(N(c3ccccc3)c3cccc(-c4ccc5c(c4)C(C)(C)C(C)(C)c4cccc(-c6ccccc6)c4-5)c3)ccc2C1(C)C.CC1(C)c2ccccc2-c2cccc(-c3cccc(N(c4ccccc4)c4cccc(-c5ccccc5)c4)c3)c2C1(C)C. The summed E-state index contributed by atoms with van der Waals surface area (Å²) in [5.74, 6) is 0. The number of nitrogens with zero attached hydrogens (tertiary/aromatic N) is 3. The van der Waals surface area contributed by atoms with Gasteiger partial charge in [0.25, 0.3) is 0 Å². The highest BCUT2D eigenvalue weighted by Crippen LogP contribution is 2.62. The van der Waals surface area contributed by atoms with Crippen LogP contribution in [0.4, 0.5) is 51.2 Å². The molecule has 25 rings (SSSR count). The Morgan fingerprint density at radius 1 is 0.155 bits per heavy atom. The van der Waals surface area contributed by atoms with Gasteiger partial charge in [0, 0.05) is 61.7 Å². The molecule has 0 saturated carbocycles.